The predicted molar refractivity (Wildman–Crippen MR) is 74.1 cm³/mol. The molecule has 0 atom stereocenters. The summed E-state index contributed by atoms with van der Waals surface area (Å²) in [6.07, 6.45) is 2.15. The summed E-state index contributed by atoms with van der Waals surface area (Å²) in [7, 11) is 1.59. The third-order valence-corrected chi connectivity index (χ3v) is 3.06. The van der Waals surface area contributed by atoms with Crippen LogP contribution in [-0.4, -0.2) is 19.7 Å². The summed E-state index contributed by atoms with van der Waals surface area (Å²) in [5.41, 5.74) is 0.682. The van der Waals surface area contributed by atoms with Crippen LogP contribution in [0.25, 0.3) is 0 Å². The number of carbonyl (C=O) groups is 1. The molecule has 0 radical (unpaired) electrons. The highest BCUT2D eigenvalue weighted by molar-refractivity contribution is 5.90. The predicted octanol–water partition coefficient (Wildman–Crippen LogP) is 3.25. The summed E-state index contributed by atoms with van der Waals surface area (Å²) in [4.78, 5) is 11.7. The molecule has 0 aliphatic rings. The van der Waals surface area contributed by atoms with Gasteiger partial charge < -0.3 is 15.4 Å². The number of nitrogens with one attached hydrogen (secondary N) is 2. The van der Waals surface area contributed by atoms with E-state index >= 15 is 0 Å². The van der Waals surface area contributed by atoms with Crippen molar-refractivity contribution >= 4 is 11.7 Å². The second-order valence-electron chi connectivity index (χ2n) is 4.22. The Balaban J connectivity index is 2.49. The molecule has 2 N–H and O–H groups in total. The first kappa shape index (κ1) is 14.4. The van der Waals surface area contributed by atoms with Crippen LogP contribution in [0.5, 0.6) is 5.75 Å². The van der Waals surface area contributed by atoms with Crippen molar-refractivity contribution in [1.29, 1.82) is 0 Å². The van der Waals surface area contributed by atoms with Crippen LogP contribution in [-0.2, 0) is 0 Å². The fourth-order valence-electron chi connectivity index (χ4n) is 1.73. The van der Waals surface area contributed by atoms with Crippen LogP contribution in [0, 0.1) is 5.92 Å². The third kappa shape index (κ3) is 4.28. The Morgan fingerprint density at radius 2 is 1.94 bits per heavy atom. The van der Waals surface area contributed by atoms with Crippen LogP contribution in [0.4, 0.5) is 10.5 Å². The standard InChI is InChI=1S/C14H22N2O2/c1-4-11(5-2)10-15-14(17)16-12-8-6-7-9-13(12)18-3/h6-9,11H,4-5,10H2,1-3H3,(H2,15,16,17). The fraction of sp³-hybridized carbons (Fsp3) is 0.500. The van der Waals surface area contributed by atoms with Gasteiger partial charge in [-0.15, -0.1) is 0 Å². The first-order chi connectivity index (χ1) is 8.71. The molecule has 1 aromatic rings. The Bertz CT molecular complexity index is 376. The summed E-state index contributed by atoms with van der Waals surface area (Å²) in [5.74, 6) is 1.20. The maximum atomic E-state index is 11.7. The molecule has 4 nitrogen and oxygen atoms in total. The van der Waals surface area contributed by atoms with E-state index in [1.165, 1.54) is 0 Å². The Labute approximate surface area is 109 Å². The van der Waals surface area contributed by atoms with Crippen molar-refractivity contribution in [2.45, 2.75) is 26.7 Å². The number of urea groups is 1. The summed E-state index contributed by atoms with van der Waals surface area (Å²) in [6, 6.07) is 7.17. The molecule has 0 saturated carbocycles. The van der Waals surface area contributed by atoms with Gasteiger partial charge in [-0.05, 0) is 18.1 Å². The molecule has 0 spiro atoms. The van der Waals surface area contributed by atoms with E-state index in [-0.39, 0.29) is 6.03 Å². The molecule has 4 heteroatoms. The molecule has 0 fully saturated rings. The second-order valence-corrected chi connectivity index (χ2v) is 4.22. The molecular formula is C14H22N2O2. The van der Waals surface area contributed by atoms with Crippen LogP contribution >= 0.6 is 0 Å². The van der Waals surface area contributed by atoms with Gasteiger partial charge in [-0.2, -0.15) is 0 Å². The molecule has 1 aromatic carbocycles. The van der Waals surface area contributed by atoms with Gasteiger partial charge in [0.15, 0.2) is 0 Å². The van der Waals surface area contributed by atoms with Crippen molar-refractivity contribution in [3.63, 3.8) is 0 Å². The molecule has 1 rings (SSSR count). The average molecular weight is 250 g/mol. The summed E-state index contributed by atoms with van der Waals surface area (Å²) >= 11 is 0. The van der Waals surface area contributed by atoms with Gasteiger partial charge in [0.25, 0.3) is 0 Å². The number of methoxy groups -OCH3 is 1. The molecule has 100 valence electrons. The lowest BCUT2D eigenvalue weighted by Gasteiger charge is -2.14. The lowest BCUT2D eigenvalue weighted by molar-refractivity contribution is 0.249. The zero-order valence-corrected chi connectivity index (χ0v) is 11.3. The van der Waals surface area contributed by atoms with Crippen LogP contribution in [0.1, 0.15) is 26.7 Å². The Morgan fingerprint density at radius 1 is 1.28 bits per heavy atom. The van der Waals surface area contributed by atoms with Crippen LogP contribution in [0.2, 0.25) is 0 Å². The van der Waals surface area contributed by atoms with E-state index in [0.717, 1.165) is 12.8 Å². The largest absolute Gasteiger partial charge is 0.495 e. The molecule has 0 aliphatic heterocycles. The van der Waals surface area contributed by atoms with E-state index in [1.807, 2.05) is 24.3 Å². The number of para-hydroxylation sites is 2. The Kier molecular flexibility index (Phi) is 6.05. The van der Waals surface area contributed by atoms with E-state index in [0.29, 0.717) is 23.9 Å². The van der Waals surface area contributed by atoms with E-state index in [9.17, 15) is 4.79 Å². The normalized spacial score (nSPS) is 10.2. The summed E-state index contributed by atoms with van der Waals surface area (Å²) in [5, 5.41) is 5.67. The SMILES string of the molecule is CCC(CC)CNC(=O)Nc1ccccc1OC. The highest BCUT2D eigenvalue weighted by Gasteiger charge is 2.08. The summed E-state index contributed by atoms with van der Waals surface area (Å²) in [6.45, 7) is 4.97. The topological polar surface area (TPSA) is 50.4 Å². The van der Waals surface area contributed by atoms with Crippen LogP contribution in [0.15, 0.2) is 24.3 Å². The van der Waals surface area contributed by atoms with Crippen molar-refractivity contribution < 1.29 is 9.53 Å². The van der Waals surface area contributed by atoms with Gasteiger partial charge >= 0.3 is 6.03 Å². The number of carbonyl (C=O) groups excluding carboxylic acids is 1. The van der Waals surface area contributed by atoms with E-state index in [2.05, 4.69) is 24.5 Å². The van der Waals surface area contributed by atoms with Crippen molar-refractivity contribution in [3.05, 3.63) is 24.3 Å². The number of hydrogen-bond donors (Lipinski definition) is 2. The van der Waals surface area contributed by atoms with Crippen LogP contribution in [0.3, 0.4) is 0 Å². The number of hydrogen-bond acceptors (Lipinski definition) is 2. The zero-order valence-electron chi connectivity index (χ0n) is 11.3. The second kappa shape index (κ2) is 7.58. The molecule has 0 unspecified atom stereocenters. The van der Waals surface area contributed by atoms with Crippen molar-refractivity contribution in [1.82, 2.24) is 5.32 Å². The van der Waals surface area contributed by atoms with Crippen molar-refractivity contribution in [2.24, 2.45) is 5.92 Å². The van der Waals surface area contributed by atoms with E-state index < -0.39 is 0 Å². The smallest absolute Gasteiger partial charge is 0.319 e. The minimum atomic E-state index is -0.189. The molecule has 0 aliphatic carbocycles. The molecule has 0 heterocycles. The monoisotopic (exact) mass is 250 g/mol. The quantitative estimate of drug-likeness (QED) is 0.814. The average Bonchev–Trinajstić information content (AvgIpc) is 2.40. The molecule has 0 bridgehead atoms. The van der Waals surface area contributed by atoms with Gasteiger partial charge in [0.2, 0.25) is 0 Å². The lowest BCUT2D eigenvalue weighted by Crippen LogP contribution is -2.32. The number of benzene rings is 1. The van der Waals surface area contributed by atoms with Gasteiger partial charge in [0.1, 0.15) is 5.75 Å². The minimum Gasteiger partial charge on any atom is -0.495 e. The van der Waals surface area contributed by atoms with Gasteiger partial charge in [0, 0.05) is 6.54 Å². The maximum absolute atomic E-state index is 11.7. The van der Waals surface area contributed by atoms with Gasteiger partial charge in [-0.1, -0.05) is 38.8 Å². The maximum Gasteiger partial charge on any atom is 0.319 e. The summed E-state index contributed by atoms with van der Waals surface area (Å²) < 4.78 is 5.17. The number of rotatable bonds is 6. The van der Waals surface area contributed by atoms with Crippen molar-refractivity contribution in [3.8, 4) is 5.75 Å². The van der Waals surface area contributed by atoms with Gasteiger partial charge in [-0.3, -0.25) is 0 Å². The van der Waals surface area contributed by atoms with E-state index in [1.54, 1.807) is 7.11 Å². The molecule has 0 saturated heterocycles. The lowest BCUT2D eigenvalue weighted by atomic mass is 10.0. The fourth-order valence-corrected chi connectivity index (χ4v) is 1.73. The molecule has 0 aromatic heterocycles. The van der Waals surface area contributed by atoms with Crippen LogP contribution < -0.4 is 15.4 Å². The highest BCUT2D eigenvalue weighted by atomic mass is 16.5. The minimum absolute atomic E-state index is 0.189. The number of anilines is 1. The van der Waals surface area contributed by atoms with E-state index in [4.69, 9.17) is 4.74 Å². The van der Waals surface area contributed by atoms with Crippen molar-refractivity contribution in [2.75, 3.05) is 19.0 Å². The molecular weight excluding hydrogens is 228 g/mol. The zero-order chi connectivity index (χ0) is 13.4. The first-order valence-electron chi connectivity index (χ1n) is 6.39. The third-order valence-electron chi connectivity index (χ3n) is 3.06. The Morgan fingerprint density at radius 3 is 2.56 bits per heavy atom. The highest BCUT2D eigenvalue weighted by Crippen LogP contribution is 2.22. The van der Waals surface area contributed by atoms with Gasteiger partial charge in [0.05, 0.1) is 12.8 Å². The molecule has 2 amide bonds. The van der Waals surface area contributed by atoms with Gasteiger partial charge in [-0.25, -0.2) is 4.79 Å². The number of ether oxygens (including phenoxy) is 1. The Hall–Kier alpha value is -1.71. The first-order valence-corrected chi connectivity index (χ1v) is 6.39. The molecule has 18 heavy (non-hydrogen) atoms. The number of amides is 2.